The average molecular weight is 251 g/mol. The van der Waals surface area contributed by atoms with Crippen molar-refractivity contribution in [2.45, 2.75) is 12.7 Å². The maximum absolute atomic E-state index is 12.6. The van der Waals surface area contributed by atoms with E-state index in [0.29, 0.717) is 0 Å². The molecule has 0 aliphatic heterocycles. The Hall–Kier alpha value is -1.47. The van der Waals surface area contributed by atoms with Gasteiger partial charge in [-0.2, -0.15) is 18.7 Å². The van der Waals surface area contributed by atoms with Crippen LogP contribution in [0.15, 0.2) is 12.1 Å². The molecule has 2 N–H and O–H groups in total. The van der Waals surface area contributed by atoms with E-state index in [4.69, 9.17) is 0 Å². The number of ether oxygens (including phenoxy) is 1. The second kappa shape index (κ2) is 5.24. The molecule has 0 bridgehead atoms. The fourth-order valence-corrected chi connectivity index (χ4v) is 1.33. The molecule has 0 spiro atoms. The predicted octanol–water partition coefficient (Wildman–Crippen LogP) is 2.07. The number of nitrogens with one attached hydrogen (secondary N) is 1. The summed E-state index contributed by atoms with van der Waals surface area (Å²) in [6, 6.07) is 2.01. The monoisotopic (exact) mass is 251 g/mol. The van der Waals surface area contributed by atoms with Gasteiger partial charge in [-0.3, -0.25) is 0 Å². The number of phenols is 1. The number of hydrogen-bond donors (Lipinski definition) is 2. The van der Waals surface area contributed by atoms with E-state index in [0.717, 1.165) is 19.2 Å². The molecule has 96 valence electrons. The van der Waals surface area contributed by atoms with Crippen LogP contribution >= 0.6 is 0 Å². The molecule has 0 atom stereocenters. The first-order chi connectivity index (χ1) is 7.91. The SMILES string of the molecule is CONCc1ccc(C(F)(F)F)c(OC)c1O. The summed E-state index contributed by atoms with van der Waals surface area (Å²) in [4.78, 5) is 4.55. The Balaban J connectivity index is 3.18. The van der Waals surface area contributed by atoms with Crippen molar-refractivity contribution in [1.82, 2.24) is 5.48 Å². The van der Waals surface area contributed by atoms with Crippen LogP contribution in [0.5, 0.6) is 11.5 Å². The third kappa shape index (κ3) is 3.01. The first kappa shape index (κ1) is 13.6. The van der Waals surface area contributed by atoms with Gasteiger partial charge in [-0.05, 0) is 6.07 Å². The van der Waals surface area contributed by atoms with Gasteiger partial charge < -0.3 is 14.7 Å². The molecular formula is C10H12F3NO3. The van der Waals surface area contributed by atoms with Gasteiger partial charge in [-0.15, -0.1) is 0 Å². The number of phenolic OH excluding ortho intramolecular Hbond substituents is 1. The van der Waals surface area contributed by atoms with Crippen molar-refractivity contribution in [2.24, 2.45) is 0 Å². The quantitative estimate of drug-likeness (QED) is 0.804. The molecule has 0 radical (unpaired) electrons. The molecule has 0 aliphatic carbocycles. The molecule has 0 saturated heterocycles. The summed E-state index contributed by atoms with van der Waals surface area (Å²) in [5, 5.41) is 9.64. The minimum atomic E-state index is -4.57. The lowest BCUT2D eigenvalue weighted by Gasteiger charge is -2.15. The van der Waals surface area contributed by atoms with Crippen molar-refractivity contribution in [3.8, 4) is 11.5 Å². The number of alkyl halides is 3. The fourth-order valence-electron chi connectivity index (χ4n) is 1.33. The molecule has 0 aliphatic rings. The van der Waals surface area contributed by atoms with Crippen LogP contribution in [0.4, 0.5) is 13.2 Å². The lowest BCUT2D eigenvalue weighted by molar-refractivity contribution is -0.138. The third-order valence-corrected chi connectivity index (χ3v) is 2.13. The first-order valence-electron chi connectivity index (χ1n) is 4.63. The Morgan fingerprint density at radius 3 is 2.41 bits per heavy atom. The van der Waals surface area contributed by atoms with Crippen LogP contribution in [0.3, 0.4) is 0 Å². The third-order valence-electron chi connectivity index (χ3n) is 2.13. The molecule has 0 aromatic heterocycles. The largest absolute Gasteiger partial charge is 0.504 e. The van der Waals surface area contributed by atoms with E-state index in [1.54, 1.807) is 0 Å². The van der Waals surface area contributed by atoms with Crippen LogP contribution in [-0.2, 0) is 17.6 Å². The van der Waals surface area contributed by atoms with Crippen molar-refractivity contribution in [3.63, 3.8) is 0 Å². The summed E-state index contributed by atoms with van der Waals surface area (Å²) in [6.07, 6.45) is -4.57. The Kier molecular flexibility index (Phi) is 4.19. The zero-order chi connectivity index (χ0) is 13.1. The van der Waals surface area contributed by atoms with E-state index in [2.05, 4.69) is 15.1 Å². The molecule has 1 aromatic carbocycles. The standard InChI is InChI=1S/C10H12F3NO3/c1-16-9-7(10(11,12)13)4-3-6(8(9)15)5-14-17-2/h3-4,14-15H,5H2,1-2H3. The van der Waals surface area contributed by atoms with Crippen molar-refractivity contribution < 1.29 is 27.9 Å². The molecule has 4 nitrogen and oxygen atoms in total. The van der Waals surface area contributed by atoms with Crippen LogP contribution < -0.4 is 10.2 Å². The van der Waals surface area contributed by atoms with Crippen LogP contribution in [-0.4, -0.2) is 19.3 Å². The molecule has 0 saturated carbocycles. The van der Waals surface area contributed by atoms with Crippen molar-refractivity contribution in [1.29, 1.82) is 0 Å². The van der Waals surface area contributed by atoms with Gasteiger partial charge in [-0.1, -0.05) is 6.07 Å². The van der Waals surface area contributed by atoms with Gasteiger partial charge in [-0.25, -0.2) is 0 Å². The lowest BCUT2D eigenvalue weighted by atomic mass is 10.1. The molecule has 1 aromatic rings. The Morgan fingerprint density at radius 1 is 1.29 bits per heavy atom. The van der Waals surface area contributed by atoms with E-state index < -0.39 is 23.2 Å². The van der Waals surface area contributed by atoms with E-state index in [1.807, 2.05) is 0 Å². The van der Waals surface area contributed by atoms with E-state index in [9.17, 15) is 18.3 Å². The highest BCUT2D eigenvalue weighted by Gasteiger charge is 2.36. The molecule has 0 amide bonds. The Morgan fingerprint density at radius 2 is 1.94 bits per heavy atom. The highest BCUT2D eigenvalue weighted by molar-refractivity contribution is 5.52. The summed E-state index contributed by atoms with van der Waals surface area (Å²) in [7, 11) is 2.43. The van der Waals surface area contributed by atoms with Crippen LogP contribution in [0.1, 0.15) is 11.1 Å². The highest BCUT2D eigenvalue weighted by Crippen LogP contribution is 2.42. The molecule has 7 heteroatoms. The van der Waals surface area contributed by atoms with Gasteiger partial charge in [0.1, 0.15) is 5.56 Å². The van der Waals surface area contributed by atoms with Crippen LogP contribution in [0.25, 0.3) is 0 Å². The highest BCUT2D eigenvalue weighted by atomic mass is 19.4. The van der Waals surface area contributed by atoms with Crippen molar-refractivity contribution >= 4 is 0 Å². The number of hydrogen-bond acceptors (Lipinski definition) is 4. The second-order valence-electron chi connectivity index (χ2n) is 3.18. The fraction of sp³-hybridized carbons (Fsp3) is 0.400. The van der Waals surface area contributed by atoms with E-state index in [-0.39, 0.29) is 12.1 Å². The normalized spacial score (nSPS) is 11.6. The number of benzene rings is 1. The second-order valence-corrected chi connectivity index (χ2v) is 3.18. The maximum Gasteiger partial charge on any atom is 0.420 e. The lowest BCUT2D eigenvalue weighted by Crippen LogP contribution is -2.13. The van der Waals surface area contributed by atoms with Crippen molar-refractivity contribution in [3.05, 3.63) is 23.3 Å². The number of aromatic hydroxyl groups is 1. The topological polar surface area (TPSA) is 50.7 Å². The summed E-state index contributed by atoms with van der Waals surface area (Å²) < 4.78 is 42.3. The number of rotatable bonds is 4. The number of halogens is 3. The number of hydroxylamine groups is 1. The van der Waals surface area contributed by atoms with E-state index >= 15 is 0 Å². The van der Waals surface area contributed by atoms with Crippen molar-refractivity contribution in [2.75, 3.05) is 14.2 Å². The molecule has 0 heterocycles. The number of methoxy groups -OCH3 is 1. The van der Waals surface area contributed by atoms with Gasteiger partial charge in [0.05, 0.1) is 14.2 Å². The summed E-state index contributed by atoms with van der Waals surface area (Å²) in [5.41, 5.74) is 1.65. The summed E-state index contributed by atoms with van der Waals surface area (Å²) in [6.45, 7) is 0.0663. The molecule has 17 heavy (non-hydrogen) atoms. The van der Waals surface area contributed by atoms with Crippen LogP contribution in [0.2, 0.25) is 0 Å². The van der Waals surface area contributed by atoms with Crippen LogP contribution in [0, 0.1) is 0 Å². The molecular weight excluding hydrogens is 239 g/mol. The van der Waals surface area contributed by atoms with Gasteiger partial charge in [0.25, 0.3) is 0 Å². The van der Waals surface area contributed by atoms with Gasteiger partial charge in [0, 0.05) is 12.1 Å². The van der Waals surface area contributed by atoms with E-state index in [1.165, 1.54) is 7.11 Å². The zero-order valence-corrected chi connectivity index (χ0v) is 9.26. The minimum Gasteiger partial charge on any atom is -0.504 e. The summed E-state index contributed by atoms with van der Waals surface area (Å²) >= 11 is 0. The smallest absolute Gasteiger partial charge is 0.420 e. The molecule has 0 fully saturated rings. The summed E-state index contributed by atoms with van der Waals surface area (Å²) in [5.74, 6) is -1.14. The predicted molar refractivity (Wildman–Crippen MR) is 53.5 cm³/mol. The zero-order valence-electron chi connectivity index (χ0n) is 9.26. The average Bonchev–Trinajstić information content (AvgIpc) is 2.25. The van der Waals surface area contributed by atoms with Gasteiger partial charge in [0.15, 0.2) is 11.5 Å². The van der Waals surface area contributed by atoms with Gasteiger partial charge >= 0.3 is 6.18 Å². The maximum atomic E-state index is 12.6. The molecule has 1 rings (SSSR count). The first-order valence-corrected chi connectivity index (χ1v) is 4.63. The Bertz CT molecular complexity index is 393. The molecule has 0 unspecified atom stereocenters. The Labute approximate surface area is 95.9 Å². The minimum absolute atomic E-state index is 0.0663. The van der Waals surface area contributed by atoms with Gasteiger partial charge in [0.2, 0.25) is 0 Å².